The molecule has 0 aliphatic heterocycles. The molecule has 104 valence electrons. The van der Waals surface area contributed by atoms with Crippen molar-refractivity contribution in [1.29, 1.82) is 0 Å². The van der Waals surface area contributed by atoms with Crippen LogP contribution in [0.15, 0.2) is 0 Å². The Morgan fingerprint density at radius 2 is 1.83 bits per heavy atom. The van der Waals surface area contributed by atoms with Gasteiger partial charge in [-0.3, -0.25) is 4.79 Å². The SMILES string of the molecule is CC1CCC(NC(=O)[C@H](N)C(C)C)(C(=O)O)CC1. The van der Waals surface area contributed by atoms with E-state index in [0.29, 0.717) is 18.8 Å². The summed E-state index contributed by atoms with van der Waals surface area (Å²) < 4.78 is 0. The van der Waals surface area contributed by atoms with Gasteiger partial charge < -0.3 is 16.2 Å². The molecule has 4 N–H and O–H groups in total. The molecule has 0 spiro atoms. The molecule has 18 heavy (non-hydrogen) atoms. The van der Waals surface area contributed by atoms with Crippen LogP contribution in [0.4, 0.5) is 0 Å². The minimum atomic E-state index is -1.11. The van der Waals surface area contributed by atoms with Gasteiger partial charge >= 0.3 is 5.97 Å². The predicted molar refractivity (Wildman–Crippen MR) is 69.0 cm³/mol. The van der Waals surface area contributed by atoms with Crippen molar-refractivity contribution in [3.8, 4) is 0 Å². The molecular formula is C13H24N2O3. The van der Waals surface area contributed by atoms with Gasteiger partial charge in [0.25, 0.3) is 0 Å². The van der Waals surface area contributed by atoms with Crippen molar-refractivity contribution in [2.75, 3.05) is 0 Å². The van der Waals surface area contributed by atoms with E-state index in [9.17, 15) is 14.7 Å². The number of nitrogens with one attached hydrogen (secondary N) is 1. The highest BCUT2D eigenvalue weighted by Gasteiger charge is 2.43. The lowest BCUT2D eigenvalue weighted by Gasteiger charge is -2.37. The average Bonchev–Trinajstić information content (AvgIpc) is 2.30. The number of carboxylic acids is 1. The standard InChI is InChI=1S/C13H24N2O3/c1-8(2)10(14)11(16)15-13(12(17)18)6-4-9(3)5-7-13/h8-10H,4-7,14H2,1-3H3,(H,15,16)(H,17,18)/t9?,10-,13?/m1/s1. The van der Waals surface area contributed by atoms with Crippen molar-refractivity contribution in [3.63, 3.8) is 0 Å². The van der Waals surface area contributed by atoms with Crippen LogP contribution in [0.1, 0.15) is 46.5 Å². The van der Waals surface area contributed by atoms with Crippen molar-refractivity contribution >= 4 is 11.9 Å². The number of rotatable bonds is 4. The lowest BCUT2D eigenvalue weighted by atomic mass is 9.77. The topological polar surface area (TPSA) is 92.4 Å². The minimum Gasteiger partial charge on any atom is -0.480 e. The molecule has 5 heteroatoms. The summed E-state index contributed by atoms with van der Waals surface area (Å²) >= 11 is 0. The van der Waals surface area contributed by atoms with Crippen molar-refractivity contribution in [1.82, 2.24) is 5.32 Å². The minimum absolute atomic E-state index is 0.00152. The summed E-state index contributed by atoms with van der Waals surface area (Å²) in [5, 5.41) is 12.1. The number of nitrogens with two attached hydrogens (primary N) is 1. The Morgan fingerprint density at radius 1 is 1.33 bits per heavy atom. The first-order valence-electron chi connectivity index (χ1n) is 6.59. The van der Waals surface area contributed by atoms with E-state index < -0.39 is 17.6 Å². The third kappa shape index (κ3) is 3.22. The second-order valence-corrected chi connectivity index (χ2v) is 5.83. The summed E-state index contributed by atoms with van der Waals surface area (Å²) in [7, 11) is 0. The lowest BCUT2D eigenvalue weighted by molar-refractivity contribution is -0.150. The second-order valence-electron chi connectivity index (χ2n) is 5.83. The second kappa shape index (κ2) is 5.69. The van der Waals surface area contributed by atoms with E-state index in [-0.39, 0.29) is 11.8 Å². The van der Waals surface area contributed by atoms with Gasteiger partial charge in [-0.15, -0.1) is 0 Å². The van der Waals surface area contributed by atoms with E-state index in [2.05, 4.69) is 12.2 Å². The van der Waals surface area contributed by atoms with E-state index >= 15 is 0 Å². The maximum Gasteiger partial charge on any atom is 0.329 e. The molecule has 1 saturated carbocycles. The zero-order valence-electron chi connectivity index (χ0n) is 11.4. The van der Waals surface area contributed by atoms with Gasteiger partial charge in [-0.25, -0.2) is 4.79 Å². The summed E-state index contributed by atoms with van der Waals surface area (Å²) in [6.07, 6.45) is 2.62. The highest BCUT2D eigenvalue weighted by atomic mass is 16.4. The smallest absolute Gasteiger partial charge is 0.329 e. The number of carbonyl (C=O) groups excluding carboxylic acids is 1. The van der Waals surface area contributed by atoms with Crippen molar-refractivity contribution in [2.45, 2.75) is 58.0 Å². The molecule has 0 aromatic heterocycles. The van der Waals surface area contributed by atoms with Gasteiger partial charge in [0.15, 0.2) is 0 Å². The highest BCUT2D eigenvalue weighted by molar-refractivity contribution is 5.89. The molecule has 0 bridgehead atoms. The lowest BCUT2D eigenvalue weighted by Crippen LogP contribution is -2.60. The number of carbonyl (C=O) groups is 2. The maximum atomic E-state index is 11.9. The fourth-order valence-electron chi connectivity index (χ4n) is 2.27. The molecule has 0 radical (unpaired) electrons. The Hall–Kier alpha value is -1.10. The van der Waals surface area contributed by atoms with E-state index in [0.717, 1.165) is 12.8 Å². The number of aliphatic carboxylic acids is 1. The van der Waals surface area contributed by atoms with Gasteiger partial charge in [-0.1, -0.05) is 20.8 Å². The van der Waals surface area contributed by atoms with E-state index in [4.69, 9.17) is 5.73 Å². The molecule has 0 aromatic rings. The third-order valence-corrected chi connectivity index (χ3v) is 3.92. The number of hydrogen-bond acceptors (Lipinski definition) is 3. The summed E-state index contributed by atoms with van der Waals surface area (Å²) in [5.74, 6) is -0.785. The Balaban J connectivity index is 2.75. The monoisotopic (exact) mass is 256 g/mol. The Kier molecular flexibility index (Phi) is 4.73. The summed E-state index contributed by atoms with van der Waals surface area (Å²) in [6.45, 7) is 5.80. The van der Waals surface area contributed by atoms with E-state index in [1.807, 2.05) is 13.8 Å². The van der Waals surface area contributed by atoms with Crippen LogP contribution in [-0.4, -0.2) is 28.6 Å². The molecule has 0 saturated heterocycles. The van der Waals surface area contributed by atoms with Crippen LogP contribution in [-0.2, 0) is 9.59 Å². The van der Waals surface area contributed by atoms with Crippen molar-refractivity contribution in [2.24, 2.45) is 17.6 Å². The highest BCUT2D eigenvalue weighted by Crippen LogP contribution is 2.32. The molecule has 1 atom stereocenters. The quantitative estimate of drug-likeness (QED) is 0.702. The van der Waals surface area contributed by atoms with E-state index in [1.165, 1.54) is 0 Å². The average molecular weight is 256 g/mol. The molecule has 0 heterocycles. The number of amides is 1. The predicted octanol–water partition coefficient (Wildman–Crippen LogP) is 1.12. The van der Waals surface area contributed by atoms with Crippen LogP contribution >= 0.6 is 0 Å². The Morgan fingerprint density at radius 3 is 2.22 bits per heavy atom. The third-order valence-electron chi connectivity index (χ3n) is 3.92. The fraction of sp³-hybridized carbons (Fsp3) is 0.846. The van der Waals surface area contributed by atoms with Gasteiger partial charge in [0.1, 0.15) is 5.54 Å². The molecule has 0 unspecified atom stereocenters. The molecular weight excluding hydrogens is 232 g/mol. The van der Waals surface area contributed by atoms with E-state index in [1.54, 1.807) is 0 Å². The number of hydrogen-bond donors (Lipinski definition) is 3. The number of carboxylic acid groups (broad SMARTS) is 1. The van der Waals surface area contributed by atoms with Crippen LogP contribution in [0.25, 0.3) is 0 Å². The van der Waals surface area contributed by atoms with Gasteiger partial charge in [-0.2, -0.15) is 0 Å². The largest absolute Gasteiger partial charge is 0.480 e. The first kappa shape index (κ1) is 15.0. The van der Waals surface area contributed by atoms with Crippen LogP contribution in [0, 0.1) is 11.8 Å². The van der Waals surface area contributed by atoms with Gasteiger partial charge in [0, 0.05) is 0 Å². The molecule has 5 nitrogen and oxygen atoms in total. The Bertz CT molecular complexity index is 320. The van der Waals surface area contributed by atoms with Crippen LogP contribution in [0.2, 0.25) is 0 Å². The summed E-state index contributed by atoms with van der Waals surface area (Å²) in [5.41, 5.74) is 4.64. The van der Waals surface area contributed by atoms with Crippen LogP contribution < -0.4 is 11.1 Å². The first-order valence-corrected chi connectivity index (χ1v) is 6.59. The van der Waals surface area contributed by atoms with Crippen molar-refractivity contribution < 1.29 is 14.7 Å². The zero-order chi connectivity index (χ0) is 13.9. The van der Waals surface area contributed by atoms with Gasteiger partial charge in [0.2, 0.25) is 5.91 Å². The maximum absolute atomic E-state index is 11.9. The first-order chi connectivity index (χ1) is 8.28. The summed E-state index contributed by atoms with van der Waals surface area (Å²) in [6, 6.07) is -0.652. The molecule has 1 fully saturated rings. The fourth-order valence-corrected chi connectivity index (χ4v) is 2.27. The van der Waals surface area contributed by atoms with Crippen LogP contribution in [0.3, 0.4) is 0 Å². The molecule has 1 aliphatic carbocycles. The van der Waals surface area contributed by atoms with Crippen LogP contribution in [0.5, 0.6) is 0 Å². The molecule has 1 amide bonds. The van der Waals surface area contributed by atoms with Gasteiger partial charge in [0.05, 0.1) is 6.04 Å². The van der Waals surface area contributed by atoms with Gasteiger partial charge in [-0.05, 0) is 37.5 Å². The normalized spacial score (nSPS) is 29.9. The molecule has 1 rings (SSSR count). The Labute approximate surface area is 108 Å². The summed E-state index contributed by atoms with van der Waals surface area (Å²) in [4.78, 5) is 23.4. The van der Waals surface area contributed by atoms with Crippen molar-refractivity contribution in [3.05, 3.63) is 0 Å². The zero-order valence-corrected chi connectivity index (χ0v) is 11.4. The molecule has 0 aromatic carbocycles. The molecule has 1 aliphatic rings.